The Bertz CT molecular complexity index is 955. The monoisotopic (exact) mass is 430 g/mol. The highest BCUT2D eigenvalue weighted by Crippen LogP contribution is 2.41. The number of phenols is 1. The van der Waals surface area contributed by atoms with E-state index >= 15 is 0 Å². The topological polar surface area (TPSA) is 101 Å². The van der Waals surface area contributed by atoms with Gasteiger partial charge in [-0.1, -0.05) is 12.1 Å². The Kier molecular flexibility index (Phi) is 6.89. The van der Waals surface area contributed by atoms with E-state index in [9.17, 15) is 14.7 Å². The van der Waals surface area contributed by atoms with Crippen LogP contribution in [0.5, 0.6) is 23.0 Å². The molecule has 0 unspecified atom stereocenters. The minimum Gasteiger partial charge on any atom is -0.504 e. The van der Waals surface area contributed by atoms with Crippen molar-refractivity contribution in [3.05, 3.63) is 47.5 Å². The van der Waals surface area contributed by atoms with Crippen LogP contribution >= 0.6 is 0 Å². The smallest absolute Gasteiger partial charge is 0.309 e. The number of hydrogen-bond acceptors (Lipinski definition) is 8. The molecular formula is C23H26O8. The molecule has 0 aliphatic carbocycles. The van der Waals surface area contributed by atoms with E-state index in [1.54, 1.807) is 30.3 Å². The van der Waals surface area contributed by atoms with Gasteiger partial charge in [-0.2, -0.15) is 0 Å². The van der Waals surface area contributed by atoms with Crippen LogP contribution in [-0.2, 0) is 25.5 Å². The van der Waals surface area contributed by atoms with Crippen molar-refractivity contribution >= 4 is 11.9 Å². The molecule has 0 amide bonds. The third kappa shape index (κ3) is 4.84. The lowest BCUT2D eigenvalue weighted by atomic mass is 9.82. The van der Waals surface area contributed by atoms with Gasteiger partial charge in [0.1, 0.15) is 6.10 Å². The van der Waals surface area contributed by atoms with Gasteiger partial charge < -0.3 is 28.8 Å². The fourth-order valence-corrected chi connectivity index (χ4v) is 3.82. The predicted octanol–water partition coefficient (Wildman–Crippen LogP) is 3.05. The molecule has 1 saturated heterocycles. The van der Waals surface area contributed by atoms with Gasteiger partial charge in [0.2, 0.25) is 0 Å². The van der Waals surface area contributed by atoms with Gasteiger partial charge in [-0.05, 0) is 41.8 Å². The molecule has 1 heterocycles. The summed E-state index contributed by atoms with van der Waals surface area (Å²) in [6.45, 7) is 1.44. The van der Waals surface area contributed by atoms with Gasteiger partial charge >= 0.3 is 11.9 Å². The summed E-state index contributed by atoms with van der Waals surface area (Å²) in [7, 11) is 4.51. The number of carbonyl (C=O) groups excluding carboxylic acids is 2. The average molecular weight is 430 g/mol. The maximum Gasteiger partial charge on any atom is 0.309 e. The molecule has 8 heteroatoms. The van der Waals surface area contributed by atoms with Crippen molar-refractivity contribution in [2.45, 2.75) is 19.4 Å². The number of methoxy groups -OCH3 is 3. The van der Waals surface area contributed by atoms with E-state index in [1.807, 2.05) is 0 Å². The average Bonchev–Trinajstić information content (AvgIpc) is 3.12. The van der Waals surface area contributed by atoms with Crippen molar-refractivity contribution in [2.75, 3.05) is 27.9 Å². The molecule has 0 bridgehead atoms. The molecule has 2 aromatic rings. The van der Waals surface area contributed by atoms with Crippen molar-refractivity contribution in [1.82, 2.24) is 0 Å². The van der Waals surface area contributed by atoms with E-state index in [1.165, 1.54) is 34.3 Å². The summed E-state index contributed by atoms with van der Waals surface area (Å²) in [6.07, 6.45) is -0.377. The van der Waals surface area contributed by atoms with E-state index in [0.717, 1.165) is 5.56 Å². The molecule has 1 aliphatic heterocycles. The lowest BCUT2D eigenvalue weighted by Crippen LogP contribution is -2.27. The third-order valence-electron chi connectivity index (χ3n) is 5.36. The molecule has 31 heavy (non-hydrogen) atoms. The van der Waals surface area contributed by atoms with Gasteiger partial charge in [-0.3, -0.25) is 9.59 Å². The predicted molar refractivity (Wildman–Crippen MR) is 110 cm³/mol. The quantitative estimate of drug-likeness (QED) is 0.638. The molecule has 0 aromatic heterocycles. The van der Waals surface area contributed by atoms with Gasteiger partial charge in [0.25, 0.3) is 0 Å². The molecule has 1 N–H and O–H groups in total. The Morgan fingerprint density at radius 1 is 1.06 bits per heavy atom. The van der Waals surface area contributed by atoms with E-state index in [-0.39, 0.29) is 18.3 Å². The minimum atomic E-state index is -0.715. The Morgan fingerprint density at radius 2 is 1.77 bits per heavy atom. The summed E-state index contributed by atoms with van der Waals surface area (Å²) >= 11 is 0. The van der Waals surface area contributed by atoms with E-state index < -0.39 is 23.9 Å². The molecule has 166 valence electrons. The largest absolute Gasteiger partial charge is 0.504 e. The Labute approximate surface area is 180 Å². The zero-order chi connectivity index (χ0) is 22.5. The summed E-state index contributed by atoms with van der Waals surface area (Å²) < 4.78 is 26.8. The summed E-state index contributed by atoms with van der Waals surface area (Å²) in [5.74, 6) is -0.432. The molecular weight excluding hydrogens is 404 g/mol. The van der Waals surface area contributed by atoms with Crippen molar-refractivity contribution in [3.63, 3.8) is 0 Å². The standard InChI is InChI=1S/C23H26O8/c1-13(24)31-22(15-6-8-19(27-2)21(11-15)29-4)17-12-30-23(26)16(17)9-14-5-7-18(25)20(10-14)28-3/h5-8,10-11,16-17,22,25H,9,12H2,1-4H3/t16-,17+,22+/m1/s1. The van der Waals surface area contributed by atoms with E-state index in [4.69, 9.17) is 23.7 Å². The number of benzene rings is 2. The lowest BCUT2D eigenvalue weighted by molar-refractivity contribution is -0.150. The van der Waals surface area contributed by atoms with Gasteiger partial charge in [0, 0.05) is 12.8 Å². The van der Waals surface area contributed by atoms with Crippen LogP contribution in [-0.4, -0.2) is 45.0 Å². The van der Waals surface area contributed by atoms with Crippen LogP contribution in [0.15, 0.2) is 36.4 Å². The Hall–Kier alpha value is -3.42. The first-order valence-corrected chi connectivity index (χ1v) is 9.79. The second kappa shape index (κ2) is 9.59. The van der Waals surface area contributed by atoms with Crippen LogP contribution in [0.3, 0.4) is 0 Å². The fraction of sp³-hybridized carbons (Fsp3) is 0.391. The van der Waals surface area contributed by atoms with Gasteiger partial charge in [0.15, 0.2) is 23.0 Å². The number of rotatable bonds is 8. The van der Waals surface area contributed by atoms with Crippen LogP contribution in [0.25, 0.3) is 0 Å². The van der Waals surface area contributed by atoms with Crippen LogP contribution in [0, 0.1) is 11.8 Å². The molecule has 8 nitrogen and oxygen atoms in total. The highest BCUT2D eigenvalue weighted by Gasteiger charge is 2.44. The maximum atomic E-state index is 12.6. The number of ether oxygens (including phenoxy) is 5. The highest BCUT2D eigenvalue weighted by molar-refractivity contribution is 5.75. The lowest BCUT2D eigenvalue weighted by Gasteiger charge is -2.26. The summed E-state index contributed by atoms with van der Waals surface area (Å²) in [4.78, 5) is 24.4. The first kappa shape index (κ1) is 22.3. The molecule has 1 fully saturated rings. The minimum absolute atomic E-state index is 0.0138. The summed E-state index contributed by atoms with van der Waals surface area (Å²) in [6, 6.07) is 10.1. The molecule has 2 aromatic carbocycles. The molecule has 0 saturated carbocycles. The highest BCUT2D eigenvalue weighted by atomic mass is 16.6. The Morgan fingerprint density at radius 3 is 2.42 bits per heavy atom. The summed E-state index contributed by atoms with van der Waals surface area (Å²) in [5, 5.41) is 9.83. The fourth-order valence-electron chi connectivity index (χ4n) is 3.82. The van der Waals surface area contributed by atoms with Crippen LogP contribution in [0.2, 0.25) is 0 Å². The van der Waals surface area contributed by atoms with Gasteiger partial charge in [0.05, 0.1) is 33.9 Å². The number of esters is 2. The van der Waals surface area contributed by atoms with Crippen molar-refractivity contribution in [3.8, 4) is 23.0 Å². The zero-order valence-corrected chi connectivity index (χ0v) is 17.9. The van der Waals surface area contributed by atoms with Crippen molar-refractivity contribution in [1.29, 1.82) is 0 Å². The maximum absolute atomic E-state index is 12.6. The van der Waals surface area contributed by atoms with E-state index in [2.05, 4.69) is 0 Å². The first-order valence-electron chi connectivity index (χ1n) is 9.79. The third-order valence-corrected chi connectivity index (χ3v) is 5.36. The van der Waals surface area contributed by atoms with Crippen LogP contribution < -0.4 is 14.2 Å². The van der Waals surface area contributed by atoms with Crippen molar-refractivity contribution < 1.29 is 38.4 Å². The second-order valence-electron chi connectivity index (χ2n) is 7.26. The number of aromatic hydroxyl groups is 1. The zero-order valence-electron chi connectivity index (χ0n) is 17.9. The number of phenolic OH excluding ortho intramolecular Hbond substituents is 1. The first-order chi connectivity index (χ1) is 14.9. The second-order valence-corrected chi connectivity index (χ2v) is 7.26. The molecule has 0 spiro atoms. The number of carbonyl (C=O) groups is 2. The van der Waals surface area contributed by atoms with Crippen LogP contribution in [0.4, 0.5) is 0 Å². The molecule has 3 rings (SSSR count). The van der Waals surface area contributed by atoms with E-state index in [0.29, 0.717) is 29.2 Å². The number of hydrogen-bond donors (Lipinski definition) is 1. The van der Waals surface area contributed by atoms with Crippen LogP contribution in [0.1, 0.15) is 24.2 Å². The normalized spacial score (nSPS) is 18.8. The SMILES string of the molecule is COc1cc(C[C@H]2C(=O)OC[C@@H]2[C@@H](OC(C)=O)c2ccc(OC)c(OC)c2)ccc1O. The summed E-state index contributed by atoms with van der Waals surface area (Å²) in [5.41, 5.74) is 1.46. The molecule has 0 radical (unpaired) electrons. The van der Waals surface area contributed by atoms with Crippen molar-refractivity contribution in [2.24, 2.45) is 11.8 Å². The Balaban J connectivity index is 1.94. The molecule has 1 aliphatic rings. The molecule has 3 atom stereocenters. The van der Waals surface area contributed by atoms with Gasteiger partial charge in [-0.15, -0.1) is 0 Å². The van der Waals surface area contributed by atoms with Gasteiger partial charge in [-0.25, -0.2) is 0 Å². The number of cyclic esters (lactones) is 1.